The van der Waals surface area contributed by atoms with Gasteiger partial charge in [0.1, 0.15) is 0 Å². The maximum absolute atomic E-state index is 9.24. The molecule has 0 saturated carbocycles. The third kappa shape index (κ3) is 4.28. The second-order valence-electron chi connectivity index (χ2n) is 5.34. The van der Waals surface area contributed by atoms with Crippen LogP contribution in [0.25, 0.3) is 10.7 Å². The second kappa shape index (κ2) is 8.81. The first-order chi connectivity index (χ1) is 12.3. The largest absolute Gasteiger partial charge is 0.385 e. The van der Waals surface area contributed by atoms with Crippen LogP contribution in [-0.2, 0) is 17.0 Å². The molecule has 0 atom stereocenters. The highest BCUT2D eigenvalue weighted by Gasteiger charge is 2.15. The summed E-state index contributed by atoms with van der Waals surface area (Å²) in [5.74, 6) is 1.58. The van der Waals surface area contributed by atoms with Crippen LogP contribution in [0.4, 0.5) is 0 Å². The number of aromatic nitrogens is 3. The lowest BCUT2D eigenvalue weighted by Crippen LogP contribution is -2.05. The highest BCUT2D eigenvalue weighted by molar-refractivity contribution is 7.98. The van der Waals surface area contributed by atoms with Crippen molar-refractivity contribution in [1.29, 1.82) is 5.26 Å². The quantitative estimate of drug-likeness (QED) is 0.439. The molecule has 0 fully saturated rings. The molecule has 0 radical (unpaired) electrons. The predicted molar refractivity (Wildman–Crippen MR) is 101 cm³/mol. The minimum Gasteiger partial charge on any atom is -0.385 e. The van der Waals surface area contributed by atoms with Gasteiger partial charge in [-0.3, -0.25) is 0 Å². The number of hydrogen-bond donors (Lipinski definition) is 0. The summed E-state index contributed by atoms with van der Waals surface area (Å²) < 4.78 is 7.32. The fraction of sp³-hybridized carbons (Fsp3) is 0.278. The molecule has 2 heterocycles. The summed E-state index contributed by atoms with van der Waals surface area (Å²) in [5, 5.41) is 20.9. The first kappa shape index (κ1) is 17.7. The number of nitrogens with zero attached hydrogens (tertiary/aromatic N) is 4. The summed E-state index contributed by atoms with van der Waals surface area (Å²) in [6.45, 7) is 1.50. The van der Waals surface area contributed by atoms with Crippen LogP contribution in [0.15, 0.2) is 46.9 Å². The van der Waals surface area contributed by atoms with Crippen LogP contribution in [0.5, 0.6) is 0 Å². The van der Waals surface area contributed by atoms with Crippen molar-refractivity contribution in [2.24, 2.45) is 0 Å². The Balaban J connectivity index is 1.81. The van der Waals surface area contributed by atoms with Gasteiger partial charge in [-0.15, -0.1) is 21.5 Å². The molecule has 0 saturated heterocycles. The van der Waals surface area contributed by atoms with Crippen molar-refractivity contribution >= 4 is 23.1 Å². The topological polar surface area (TPSA) is 63.7 Å². The monoisotopic (exact) mass is 370 g/mol. The van der Waals surface area contributed by atoms with Crippen LogP contribution in [0, 0.1) is 11.3 Å². The molecule has 2 aromatic heterocycles. The zero-order valence-electron chi connectivity index (χ0n) is 13.9. The lowest BCUT2D eigenvalue weighted by molar-refractivity contribution is 0.189. The number of benzene rings is 1. The Morgan fingerprint density at radius 2 is 2.12 bits per heavy atom. The molecule has 0 N–H and O–H groups in total. The molecule has 7 heteroatoms. The van der Waals surface area contributed by atoms with Crippen LogP contribution < -0.4 is 0 Å². The lowest BCUT2D eigenvalue weighted by Gasteiger charge is -2.09. The van der Waals surface area contributed by atoms with Crippen molar-refractivity contribution in [2.75, 3.05) is 13.7 Å². The van der Waals surface area contributed by atoms with Crippen molar-refractivity contribution in [3.05, 3.63) is 52.9 Å². The molecule has 25 heavy (non-hydrogen) atoms. The van der Waals surface area contributed by atoms with E-state index in [2.05, 4.69) is 26.9 Å². The Bertz CT molecular complexity index is 852. The van der Waals surface area contributed by atoms with Crippen molar-refractivity contribution in [3.63, 3.8) is 0 Å². The Hall–Kier alpha value is -2.14. The standard InChI is InChI=1S/C18H18N4OS2/c1-23-10-5-9-22-17(16-8-4-11-24-16)20-21-18(22)25-13-15-7-3-2-6-14(15)12-19/h2-4,6-8,11H,5,9-10,13H2,1H3. The van der Waals surface area contributed by atoms with Gasteiger partial charge in [-0.2, -0.15) is 5.26 Å². The van der Waals surface area contributed by atoms with E-state index in [1.165, 1.54) is 0 Å². The SMILES string of the molecule is COCCCn1c(SCc2ccccc2C#N)nnc1-c1cccs1. The molecule has 0 unspecified atom stereocenters. The van der Waals surface area contributed by atoms with Gasteiger partial charge < -0.3 is 9.30 Å². The summed E-state index contributed by atoms with van der Waals surface area (Å²) >= 11 is 3.26. The van der Waals surface area contributed by atoms with E-state index in [9.17, 15) is 5.26 Å². The average Bonchev–Trinajstić information content (AvgIpc) is 3.30. The maximum Gasteiger partial charge on any atom is 0.191 e. The maximum atomic E-state index is 9.24. The smallest absolute Gasteiger partial charge is 0.191 e. The third-order valence-electron chi connectivity index (χ3n) is 3.68. The van der Waals surface area contributed by atoms with Crippen LogP contribution in [0.3, 0.4) is 0 Å². The number of rotatable bonds is 8. The summed E-state index contributed by atoms with van der Waals surface area (Å²) in [4.78, 5) is 1.11. The average molecular weight is 371 g/mol. The number of nitriles is 1. The highest BCUT2D eigenvalue weighted by atomic mass is 32.2. The Kier molecular flexibility index (Phi) is 6.23. The summed E-state index contributed by atoms with van der Waals surface area (Å²) in [7, 11) is 1.71. The molecule has 0 spiro atoms. The van der Waals surface area contributed by atoms with Crippen LogP contribution >= 0.6 is 23.1 Å². The number of thiophene rings is 1. The highest BCUT2D eigenvalue weighted by Crippen LogP contribution is 2.29. The molecule has 0 aliphatic carbocycles. The minimum absolute atomic E-state index is 0.691. The Morgan fingerprint density at radius 1 is 1.24 bits per heavy atom. The summed E-state index contributed by atoms with van der Waals surface area (Å²) in [6, 6.07) is 14.0. The van der Waals surface area contributed by atoms with Gasteiger partial charge in [-0.05, 0) is 29.5 Å². The summed E-state index contributed by atoms with van der Waals surface area (Å²) in [6.07, 6.45) is 0.898. The van der Waals surface area contributed by atoms with Gasteiger partial charge in [0, 0.05) is 26.0 Å². The fourth-order valence-electron chi connectivity index (χ4n) is 2.45. The molecule has 128 valence electrons. The van der Waals surface area contributed by atoms with Gasteiger partial charge in [0.2, 0.25) is 0 Å². The van der Waals surface area contributed by atoms with Crippen LogP contribution in [-0.4, -0.2) is 28.5 Å². The molecule has 3 rings (SSSR count). The lowest BCUT2D eigenvalue weighted by atomic mass is 10.1. The van der Waals surface area contributed by atoms with Gasteiger partial charge in [0.15, 0.2) is 11.0 Å². The molecular formula is C18H18N4OS2. The molecular weight excluding hydrogens is 352 g/mol. The van der Waals surface area contributed by atoms with Gasteiger partial charge in [0.25, 0.3) is 0 Å². The molecule has 0 bridgehead atoms. The Morgan fingerprint density at radius 3 is 2.88 bits per heavy atom. The zero-order valence-corrected chi connectivity index (χ0v) is 15.5. The molecule has 5 nitrogen and oxygen atoms in total. The van der Waals surface area contributed by atoms with E-state index >= 15 is 0 Å². The van der Waals surface area contributed by atoms with Crippen molar-refractivity contribution in [3.8, 4) is 16.8 Å². The van der Waals surface area contributed by atoms with Crippen LogP contribution in [0.2, 0.25) is 0 Å². The first-order valence-electron chi connectivity index (χ1n) is 7.90. The first-order valence-corrected chi connectivity index (χ1v) is 9.77. The molecule has 0 aliphatic heterocycles. The summed E-state index contributed by atoms with van der Waals surface area (Å²) in [5.41, 5.74) is 1.72. The van der Waals surface area contributed by atoms with Gasteiger partial charge in [-0.25, -0.2) is 0 Å². The van der Waals surface area contributed by atoms with E-state index in [1.807, 2.05) is 35.7 Å². The van der Waals surface area contributed by atoms with Gasteiger partial charge in [-0.1, -0.05) is 36.0 Å². The fourth-order valence-corrected chi connectivity index (χ4v) is 4.14. The van der Waals surface area contributed by atoms with Crippen molar-refractivity contribution < 1.29 is 4.74 Å². The third-order valence-corrected chi connectivity index (χ3v) is 5.56. The van der Waals surface area contributed by atoms with E-state index in [0.717, 1.165) is 34.4 Å². The number of hydrogen-bond acceptors (Lipinski definition) is 6. The van der Waals surface area contributed by atoms with Crippen LogP contribution in [0.1, 0.15) is 17.5 Å². The van der Waals surface area contributed by atoms with Crippen molar-refractivity contribution in [1.82, 2.24) is 14.8 Å². The molecule has 0 amide bonds. The van der Waals surface area contributed by atoms with E-state index in [0.29, 0.717) is 17.9 Å². The van der Waals surface area contributed by atoms with E-state index < -0.39 is 0 Å². The number of thioether (sulfide) groups is 1. The zero-order chi connectivity index (χ0) is 17.5. The normalized spacial score (nSPS) is 10.7. The molecule has 0 aliphatic rings. The van der Waals surface area contributed by atoms with E-state index in [4.69, 9.17) is 4.74 Å². The van der Waals surface area contributed by atoms with E-state index in [1.54, 1.807) is 30.2 Å². The second-order valence-corrected chi connectivity index (χ2v) is 7.23. The molecule has 3 aromatic rings. The van der Waals surface area contributed by atoms with E-state index in [-0.39, 0.29) is 0 Å². The number of methoxy groups -OCH3 is 1. The Labute approximate surface area is 155 Å². The number of ether oxygens (including phenoxy) is 1. The van der Waals surface area contributed by atoms with Gasteiger partial charge >= 0.3 is 0 Å². The van der Waals surface area contributed by atoms with Gasteiger partial charge in [0.05, 0.1) is 16.5 Å². The predicted octanol–water partition coefficient (Wildman–Crippen LogP) is 4.21. The van der Waals surface area contributed by atoms with Crippen molar-refractivity contribution in [2.45, 2.75) is 23.9 Å². The molecule has 1 aromatic carbocycles. The minimum atomic E-state index is 0.691.